The zero-order chi connectivity index (χ0) is 16.2. The van der Waals surface area contributed by atoms with E-state index in [-0.39, 0.29) is 18.3 Å². The summed E-state index contributed by atoms with van der Waals surface area (Å²) in [4.78, 5) is 11.9. The Morgan fingerprint density at radius 1 is 1.22 bits per heavy atom. The minimum Gasteiger partial charge on any atom is -0.388 e. The molecule has 9 heteroatoms. The molecule has 0 radical (unpaired) electrons. The molecule has 0 amide bonds. The average molecular weight is 318 g/mol. The van der Waals surface area contributed by atoms with Gasteiger partial charge < -0.3 is 4.42 Å². The Morgan fingerprint density at radius 2 is 2.00 bits per heavy atom. The minimum atomic E-state index is -0.616. The molecule has 0 aliphatic carbocycles. The third-order valence-electron chi connectivity index (χ3n) is 3.32. The van der Waals surface area contributed by atoms with Crippen molar-refractivity contribution in [3.8, 4) is 11.5 Å². The van der Waals surface area contributed by atoms with E-state index in [1.165, 1.54) is 24.3 Å². The molecule has 0 spiro atoms. The fraction of sp³-hybridized carbons (Fsp3) is 0.357. The summed E-state index contributed by atoms with van der Waals surface area (Å²) >= 11 is 0. The van der Waals surface area contributed by atoms with Crippen LogP contribution in [-0.2, 0) is 13.1 Å². The molecule has 0 saturated carbocycles. The van der Waals surface area contributed by atoms with Crippen LogP contribution in [0.3, 0.4) is 0 Å². The normalized spacial score (nSPS) is 11.0. The molecule has 0 bridgehead atoms. The van der Waals surface area contributed by atoms with E-state index in [9.17, 15) is 9.18 Å². The van der Waals surface area contributed by atoms with Gasteiger partial charge in [-0.2, -0.15) is 4.68 Å². The minimum absolute atomic E-state index is 0.111. The number of hydrogen-bond acceptors (Lipinski definition) is 6. The van der Waals surface area contributed by atoms with Crippen molar-refractivity contribution in [1.29, 1.82) is 0 Å². The van der Waals surface area contributed by atoms with E-state index in [0.717, 1.165) is 17.5 Å². The van der Waals surface area contributed by atoms with Gasteiger partial charge in [0.05, 0.1) is 0 Å². The maximum atomic E-state index is 12.9. The van der Waals surface area contributed by atoms with Gasteiger partial charge in [-0.1, -0.05) is 13.3 Å². The number of nitrogens with zero attached hydrogens (tertiary/aromatic N) is 6. The van der Waals surface area contributed by atoms with Gasteiger partial charge in [0.1, 0.15) is 12.4 Å². The number of hydrogen-bond donors (Lipinski definition) is 0. The molecule has 2 heterocycles. The highest BCUT2D eigenvalue weighted by Gasteiger charge is 2.14. The van der Waals surface area contributed by atoms with Crippen molar-refractivity contribution in [2.75, 3.05) is 0 Å². The Kier molecular flexibility index (Phi) is 4.26. The van der Waals surface area contributed by atoms with Crippen LogP contribution in [0.5, 0.6) is 0 Å². The molecular formula is C14H15FN6O2. The van der Waals surface area contributed by atoms with Gasteiger partial charge in [-0.05, 0) is 41.1 Å². The average Bonchev–Trinajstić information content (AvgIpc) is 3.13. The highest BCUT2D eigenvalue weighted by Crippen LogP contribution is 2.15. The van der Waals surface area contributed by atoms with Crippen LogP contribution in [0.2, 0.25) is 0 Å². The topological polar surface area (TPSA) is 91.6 Å². The molecule has 2 aromatic heterocycles. The van der Waals surface area contributed by atoms with Crippen LogP contribution >= 0.6 is 0 Å². The van der Waals surface area contributed by atoms with Gasteiger partial charge in [-0.25, -0.2) is 13.9 Å². The third-order valence-corrected chi connectivity index (χ3v) is 3.32. The molecule has 23 heavy (non-hydrogen) atoms. The van der Waals surface area contributed by atoms with Gasteiger partial charge in [0, 0.05) is 12.1 Å². The molecule has 0 atom stereocenters. The summed E-state index contributed by atoms with van der Waals surface area (Å²) in [6.45, 7) is 2.86. The van der Waals surface area contributed by atoms with E-state index in [0.29, 0.717) is 17.9 Å². The summed E-state index contributed by atoms with van der Waals surface area (Å²) in [5, 5.41) is 15.5. The third kappa shape index (κ3) is 3.33. The fourth-order valence-corrected chi connectivity index (χ4v) is 2.07. The first-order valence-corrected chi connectivity index (χ1v) is 7.26. The molecule has 8 nitrogen and oxygen atoms in total. The molecule has 0 fully saturated rings. The maximum Gasteiger partial charge on any atom is 0.437 e. The van der Waals surface area contributed by atoms with Gasteiger partial charge in [0.2, 0.25) is 5.89 Å². The number of aromatic nitrogens is 6. The van der Waals surface area contributed by atoms with Crippen LogP contribution in [0.25, 0.3) is 11.5 Å². The molecular weight excluding hydrogens is 303 g/mol. The number of unbranched alkanes of at least 4 members (excludes halogenated alkanes) is 1. The van der Waals surface area contributed by atoms with E-state index in [2.05, 4.69) is 27.5 Å². The second-order valence-corrected chi connectivity index (χ2v) is 5.01. The van der Waals surface area contributed by atoms with Crippen molar-refractivity contribution in [3.05, 3.63) is 46.5 Å². The van der Waals surface area contributed by atoms with E-state index < -0.39 is 5.76 Å². The van der Waals surface area contributed by atoms with Gasteiger partial charge in [-0.15, -0.1) is 10.2 Å². The molecule has 3 aromatic rings. The molecule has 120 valence electrons. The zero-order valence-corrected chi connectivity index (χ0v) is 12.5. The first kappa shape index (κ1) is 15.1. The summed E-state index contributed by atoms with van der Waals surface area (Å²) in [6.07, 6.45) is 1.95. The van der Waals surface area contributed by atoms with Crippen LogP contribution < -0.4 is 5.76 Å². The Balaban J connectivity index is 1.83. The molecule has 0 N–H and O–H groups in total. The summed E-state index contributed by atoms with van der Waals surface area (Å²) in [5.74, 6) is -0.331. The highest BCUT2D eigenvalue weighted by molar-refractivity contribution is 5.51. The lowest BCUT2D eigenvalue weighted by atomic mass is 10.2. The Labute approximate surface area is 130 Å². The lowest BCUT2D eigenvalue weighted by Gasteiger charge is -2.02. The fourth-order valence-electron chi connectivity index (χ4n) is 2.07. The van der Waals surface area contributed by atoms with Gasteiger partial charge in [-0.3, -0.25) is 0 Å². The predicted molar refractivity (Wildman–Crippen MR) is 78.0 cm³/mol. The number of rotatable bonds is 6. The maximum absolute atomic E-state index is 12.9. The molecule has 0 saturated heterocycles. The smallest absolute Gasteiger partial charge is 0.388 e. The van der Waals surface area contributed by atoms with E-state index in [4.69, 9.17) is 4.42 Å². The van der Waals surface area contributed by atoms with E-state index >= 15 is 0 Å². The van der Waals surface area contributed by atoms with Crippen LogP contribution in [0, 0.1) is 5.82 Å². The first-order valence-electron chi connectivity index (χ1n) is 7.26. The summed E-state index contributed by atoms with van der Waals surface area (Å²) in [7, 11) is 0. The van der Waals surface area contributed by atoms with Crippen LogP contribution in [0.4, 0.5) is 4.39 Å². The Morgan fingerprint density at radius 3 is 2.74 bits per heavy atom. The van der Waals surface area contributed by atoms with Gasteiger partial charge in [0.25, 0.3) is 0 Å². The number of halogens is 1. The molecule has 3 rings (SSSR count). The quantitative estimate of drug-likeness (QED) is 0.683. The van der Waals surface area contributed by atoms with Crippen LogP contribution in [0.15, 0.2) is 33.5 Å². The monoisotopic (exact) mass is 318 g/mol. The summed E-state index contributed by atoms with van der Waals surface area (Å²) < 4.78 is 20.8. The standard InChI is InChI=1S/C14H15FN6O2/c1-2-3-8-20-12(16-18-19-20)9-21-14(22)23-13(17-21)10-4-6-11(15)7-5-10/h4-7H,2-3,8-9H2,1H3. The van der Waals surface area contributed by atoms with Gasteiger partial charge >= 0.3 is 5.76 Å². The summed E-state index contributed by atoms with van der Waals surface area (Å²) in [6, 6.07) is 5.55. The Bertz CT molecular complexity index is 836. The van der Waals surface area contributed by atoms with Crippen molar-refractivity contribution in [1.82, 2.24) is 30.0 Å². The van der Waals surface area contributed by atoms with Crippen molar-refractivity contribution < 1.29 is 8.81 Å². The van der Waals surface area contributed by atoms with Crippen molar-refractivity contribution >= 4 is 0 Å². The summed E-state index contributed by atoms with van der Waals surface area (Å²) in [5.41, 5.74) is 0.521. The first-order chi connectivity index (χ1) is 11.2. The van der Waals surface area contributed by atoms with Crippen molar-refractivity contribution in [3.63, 3.8) is 0 Å². The van der Waals surface area contributed by atoms with Gasteiger partial charge in [0.15, 0.2) is 5.82 Å². The second kappa shape index (κ2) is 6.51. The number of tetrazole rings is 1. The largest absolute Gasteiger partial charge is 0.437 e. The van der Waals surface area contributed by atoms with E-state index in [1.54, 1.807) is 4.68 Å². The lowest BCUT2D eigenvalue weighted by Crippen LogP contribution is -2.19. The number of benzene rings is 1. The highest BCUT2D eigenvalue weighted by atomic mass is 19.1. The van der Waals surface area contributed by atoms with Crippen LogP contribution in [0.1, 0.15) is 25.6 Å². The SMILES string of the molecule is CCCCn1nnnc1Cn1nc(-c2ccc(F)cc2)oc1=O. The second-order valence-electron chi connectivity index (χ2n) is 5.01. The molecule has 0 aliphatic rings. The van der Waals surface area contributed by atoms with Crippen molar-refractivity contribution in [2.24, 2.45) is 0 Å². The number of aryl methyl sites for hydroxylation is 1. The van der Waals surface area contributed by atoms with E-state index in [1.807, 2.05) is 0 Å². The molecule has 0 unspecified atom stereocenters. The Hall–Kier alpha value is -2.84. The van der Waals surface area contributed by atoms with Crippen LogP contribution in [-0.4, -0.2) is 30.0 Å². The lowest BCUT2D eigenvalue weighted by molar-refractivity contribution is 0.474. The molecule has 0 aliphatic heterocycles. The van der Waals surface area contributed by atoms with Crippen molar-refractivity contribution in [2.45, 2.75) is 32.9 Å². The predicted octanol–water partition coefficient (Wildman–Crippen LogP) is 1.48. The zero-order valence-electron chi connectivity index (χ0n) is 12.5. The molecule has 1 aromatic carbocycles.